The molecule has 0 aliphatic heterocycles. The normalized spacial score (nSPS) is 12.7. The molecule has 0 unspecified atom stereocenters. The molecule has 1 aliphatic rings. The fraction of sp³-hybridized carbons (Fsp3) is 0.344. The quantitative estimate of drug-likeness (QED) is 0.240. The summed E-state index contributed by atoms with van der Waals surface area (Å²) in [7, 11) is 1.46. The molecular formula is C32H38N2O2. The molecule has 0 amide bonds. The highest BCUT2D eigenvalue weighted by Crippen LogP contribution is 2.40. The van der Waals surface area contributed by atoms with Gasteiger partial charge in [0.2, 0.25) is 0 Å². The minimum Gasteiger partial charge on any atom is -0.465 e. The van der Waals surface area contributed by atoms with Crippen LogP contribution in [-0.4, -0.2) is 26.2 Å². The zero-order valence-electron chi connectivity index (χ0n) is 22.4. The highest BCUT2D eigenvalue weighted by atomic mass is 16.5. The summed E-state index contributed by atoms with van der Waals surface area (Å²) in [6.45, 7) is 12.3. The van der Waals surface area contributed by atoms with Gasteiger partial charge in [-0.05, 0) is 117 Å². The molecular weight excluding hydrogens is 444 g/mol. The molecule has 4 heteroatoms. The lowest BCUT2D eigenvalue weighted by atomic mass is 9.82. The van der Waals surface area contributed by atoms with Gasteiger partial charge >= 0.3 is 5.97 Å². The van der Waals surface area contributed by atoms with Crippen LogP contribution in [0.25, 0.3) is 22.3 Å². The van der Waals surface area contributed by atoms with Gasteiger partial charge in [0.1, 0.15) is 0 Å². The van der Waals surface area contributed by atoms with Gasteiger partial charge in [0, 0.05) is 24.5 Å². The maximum Gasteiger partial charge on any atom is 0.338 e. The van der Waals surface area contributed by atoms with Crippen molar-refractivity contribution < 1.29 is 9.53 Å². The summed E-state index contributed by atoms with van der Waals surface area (Å²) in [6.07, 6.45) is 4.82. The van der Waals surface area contributed by atoms with E-state index in [4.69, 9.17) is 4.74 Å². The van der Waals surface area contributed by atoms with E-state index in [1.54, 1.807) is 0 Å². The number of rotatable bonds is 9. The van der Waals surface area contributed by atoms with Crippen molar-refractivity contribution in [3.05, 3.63) is 82.4 Å². The molecule has 1 aliphatic carbocycles. The molecule has 1 saturated carbocycles. The molecule has 1 fully saturated rings. The van der Waals surface area contributed by atoms with E-state index in [-0.39, 0.29) is 5.97 Å². The molecule has 0 spiro atoms. The Bertz CT molecular complexity index is 1260. The first-order chi connectivity index (χ1) is 17.3. The van der Waals surface area contributed by atoms with Crippen molar-refractivity contribution in [1.82, 2.24) is 0 Å². The van der Waals surface area contributed by atoms with E-state index in [9.17, 15) is 4.79 Å². The van der Waals surface area contributed by atoms with Crippen LogP contribution in [0, 0.1) is 26.7 Å². The standard InChI is InChI=1S/C32H38N2O2/c1-20(2)17-18-33-27-13-9-25(10-14-27)29-21(3)22(4)30(31(23(29)5)32(35)36-6)26-11-15-28(16-12-26)34-19-24-7-8-24/h9-17,24,33-34H,7-8,18-19H2,1-6H3. The molecule has 188 valence electrons. The number of benzene rings is 3. The van der Waals surface area contributed by atoms with Crippen molar-refractivity contribution in [2.75, 3.05) is 30.8 Å². The lowest BCUT2D eigenvalue weighted by molar-refractivity contribution is 0.0600. The lowest BCUT2D eigenvalue weighted by Gasteiger charge is -2.22. The maximum absolute atomic E-state index is 13.1. The maximum atomic E-state index is 13.1. The van der Waals surface area contributed by atoms with Crippen LogP contribution in [0.3, 0.4) is 0 Å². The SMILES string of the molecule is COC(=O)c1c(C)c(-c2ccc(NCC=C(C)C)cc2)c(C)c(C)c1-c1ccc(NCC2CC2)cc1. The van der Waals surface area contributed by atoms with Gasteiger partial charge in [-0.25, -0.2) is 4.79 Å². The first-order valence-corrected chi connectivity index (χ1v) is 12.8. The fourth-order valence-electron chi connectivity index (χ4n) is 4.77. The first-order valence-electron chi connectivity index (χ1n) is 12.8. The van der Waals surface area contributed by atoms with E-state index in [0.29, 0.717) is 5.56 Å². The lowest BCUT2D eigenvalue weighted by Crippen LogP contribution is -2.11. The number of hydrogen-bond acceptors (Lipinski definition) is 4. The van der Waals surface area contributed by atoms with E-state index < -0.39 is 0 Å². The Kier molecular flexibility index (Phi) is 7.83. The third-order valence-electron chi connectivity index (χ3n) is 7.16. The van der Waals surface area contributed by atoms with E-state index in [2.05, 4.69) is 92.9 Å². The van der Waals surface area contributed by atoms with Gasteiger partial charge in [-0.1, -0.05) is 35.9 Å². The van der Waals surface area contributed by atoms with Gasteiger partial charge in [0.05, 0.1) is 12.7 Å². The number of nitrogens with one attached hydrogen (secondary N) is 2. The average molecular weight is 483 g/mol. The summed E-state index contributed by atoms with van der Waals surface area (Å²) < 4.78 is 5.28. The number of anilines is 2. The van der Waals surface area contributed by atoms with Crippen LogP contribution in [0.5, 0.6) is 0 Å². The van der Waals surface area contributed by atoms with Gasteiger partial charge in [-0.2, -0.15) is 0 Å². The summed E-state index contributed by atoms with van der Waals surface area (Å²) in [5, 5.41) is 6.96. The van der Waals surface area contributed by atoms with Crippen molar-refractivity contribution in [3.8, 4) is 22.3 Å². The van der Waals surface area contributed by atoms with E-state index >= 15 is 0 Å². The van der Waals surface area contributed by atoms with Gasteiger partial charge in [0.25, 0.3) is 0 Å². The van der Waals surface area contributed by atoms with Crippen molar-refractivity contribution in [3.63, 3.8) is 0 Å². The van der Waals surface area contributed by atoms with Crippen LogP contribution in [0.4, 0.5) is 11.4 Å². The summed E-state index contributed by atoms with van der Waals surface area (Å²) in [5.74, 6) is 0.515. The number of carbonyl (C=O) groups excluding carboxylic acids is 1. The number of hydrogen-bond donors (Lipinski definition) is 2. The Morgan fingerprint density at radius 2 is 1.36 bits per heavy atom. The molecule has 3 aromatic carbocycles. The van der Waals surface area contributed by atoms with Crippen molar-refractivity contribution in [2.45, 2.75) is 47.5 Å². The second-order valence-corrected chi connectivity index (χ2v) is 10.1. The Hall–Kier alpha value is -3.53. The minimum atomic E-state index is -0.303. The number of esters is 1. The number of ether oxygens (including phenoxy) is 1. The van der Waals surface area contributed by atoms with Crippen molar-refractivity contribution >= 4 is 17.3 Å². The van der Waals surface area contributed by atoms with Crippen LogP contribution in [-0.2, 0) is 4.74 Å². The Labute approximate surface area is 215 Å². The second-order valence-electron chi connectivity index (χ2n) is 10.1. The third-order valence-corrected chi connectivity index (χ3v) is 7.16. The molecule has 0 bridgehead atoms. The van der Waals surface area contributed by atoms with Crippen LogP contribution in [0.15, 0.2) is 60.2 Å². The highest BCUT2D eigenvalue weighted by molar-refractivity contribution is 6.03. The summed E-state index contributed by atoms with van der Waals surface area (Å²) >= 11 is 0. The predicted octanol–water partition coefficient (Wildman–Crippen LogP) is 7.93. The number of methoxy groups -OCH3 is 1. The second kappa shape index (κ2) is 11.0. The largest absolute Gasteiger partial charge is 0.465 e. The topological polar surface area (TPSA) is 50.4 Å². The molecule has 2 N–H and O–H groups in total. The van der Waals surface area contributed by atoms with Gasteiger partial charge in [0.15, 0.2) is 0 Å². The zero-order valence-corrected chi connectivity index (χ0v) is 22.4. The first kappa shape index (κ1) is 25.6. The van der Waals surface area contributed by atoms with Crippen LogP contribution < -0.4 is 10.6 Å². The Morgan fingerprint density at radius 1 is 0.833 bits per heavy atom. The monoisotopic (exact) mass is 482 g/mol. The highest BCUT2D eigenvalue weighted by Gasteiger charge is 2.25. The van der Waals surface area contributed by atoms with E-state index in [1.165, 1.54) is 31.1 Å². The molecule has 0 radical (unpaired) electrons. The minimum absolute atomic E-state index is 0.303. The molecule has 3 aromatic rings. The van der Waals surface area contributed by atoms with Gasteiger partial charge < -0.3 is 15.4 Å². The smallest absolute Gasteiger partial charge is 0.338 e. The number of allylic oxidation sites excluding steroid dienone is 1. The predicted molar refractivity (Wildman–Crippen MR) is 152 cm³/mol. The molecule has 0 aromatic heterocycles. The summed E-state index contributed by atoms with van der Waals surface area (Å²) in [4.78, 5) is 13.1. The van der Waals surface area contributed by atoms with Crippen LogP contribution >= 0.6 is 0 Å². The molecule has 4 nitrogen and oxygen atoms in total. The Morgan fingerprint density at radius 3 is 1.89 bits per heavy atom. The Balaban J connectivity index is 1.72. The van der Waals surface area contributed by atoms with E-state index in [1.807, 2.05) is 6.92 Å². The van der Waals surface area contributed by atoms with Crippen LogP contribution in [0.2, 0.25) is 0 Å². The molecule has 0 saturated heterocycles. The van der Waals surface area contributed by atoms with Gasteiger partial charge in [-0.3, -0.25) is 0 Å². The van der Waals surface area contributed by atoms with Gasteiger partial charge in [-0.15, -0.1) is 0 Å². The third kappa shape index (κ3) is 5.64. The summed E-state index contributed by atoms with van der Waals surface area (Å²) in [6, 6.07) is 16.9. The molecule has 0 atom stereocenters. The zero-order chi connectivity index (χ0) is 25.8. The summed E-state index contributed by atoms with van der Waals surface area (Å²) in [5.41, 5.74) is 11.5. The van der Waals surface area contributed by atoms with Crippen LogP contribution in [0.1, 0.15) is 53.7 Å². The average Bonchev–Trinajstić information content (AvgIpc) is 3.70. The number of carbonyl (C=O) groups is 1. The van der Waals surface area contributed by atoms with Crippen molar-refractivity contribution in [1.29, 1.82) is 0 Å². The molecule has 36 heavy (non-hydrogen) atoms. The molecule has 4 rings (SSSR count). The van der Waals surface area contributed by atoms with Crippen molar-refractivity contribution in [2.24, 2.45) is 5.92 Å². The fourth-order valence-corrected chi connectivity index (χ4v) is 4.77. The molecule has 0 heterocycles. The van der Waals surface area contributed by atoms with E-state index in [0.717, 1.165) is 63.8 Å².